The molecule has 7 nitrogen and oxygen atoms in total. The summed E-state index contributed by atoms with van der Waals surface area (Å²) in [6.07, 6.45) is 4.87. The van der Waals surface area contributed by atoms with Crippen LogP contribution in [0.2, 0.25) is 0 Å². The molecule has 27 heavy (non-hydrogen) atoms. The molecule has 1 unspecified atom stereocenters. The Morgan fingerprint density at radius 1 is 1.33 bits per heavy atom. The van der Waals surface area contributed by atoms with Gasteiger partial charge in [-0.05, 0) is 31.5 Å². The van der Waals surface area contributed by atoms with E-state index in [-0.39, 0.29) is 11.9 Å². The third kappa shape index (κ3) is 3.56. The maximum atomic E-state index is 12.8. The summed E-state index contributed by atoms with van der Waals surface area (Å²) in [6.45, 7) is 4.36. The minimum Gasteiger partial charge on any atom is -0.467 e. The van der Waals surface area contributed by atoms with E-state index in [0.29, 0.717) is 17.2 Å². The van der Waals surface area contributed by atoms with Crippen molar-refractivity contribution < 1.29 is 9.21 Å². The quantitative estimate of drug-likeness (QED) is 0.506. The van der Waals surface area contributed by atoms with Crippen molar-refractivity contribution in [1.29, 1.82) is 0 Å². The lowest BCUT2D eigenvalue weighted by Gasteiger charge is -2.10. The van der Waals surface area contributed by atoms with Crippen molar-refractivity contribution in [3.05, 3.63) is 57.5 Å². The van der Waals surface area contributed by atoms with Gasteiger partial charge in [0, 0.05) is 11.6 Å². The molecule has 0 spiro atoms. The van der Waals surface area contributed by atoms with Gasteiger partial charge in [0.2, 0.25) is 0 Å². The van der Waals surface area contributed by atoms with E-state index in [0.717, 1.165) is 26.5 Å². The van der Waals surface area contributed by atoms with Gasteiger partial charge in [0.1, 0.15) is 27.7 Å². The average molecular weight is 400 g/mol. The second kappa shape index (κ2) is 7.45. The van der Waals surface area contributed by atoms with Crippen molar-refractivity contribution in [2.45, 2.75) is 26.4 Å². The van der Waals surface area contributed by atoms with Gasteiger partial charge in [-0.2, -0.15) is 0 Å². The first-order valence-corrected chi connectivity index (χ1v) is 10.0. The molecule has 0 bridgehead atoms. The van der Waals surface area contributed by atoms with E-state index >= 15 is 0 Å². The molecule has 1 amide bonds. The lowest BCUT2D eigenvalue weighted by molar-refractivity contribution is 0.0943. The van der Waals surface area contributed by atoms with Gasteiger partial charge in [0.05, 0.1) is 29.1 Å². The van der Waals surface area contributed by atoms with Gasteiger partial charge in [-0.25, -0.2) is 15.0 Å². The van der Waals surface area contributed by atoms with Crippen LogP contribution in [0.5, 0.6) is 0 Å². The number of anilines is 1. The molecule has 9 heteroatoms. The monoisotopic (exact) mass is 399 g/mol. The van der Waals surface area contributed by atoms with Crippen LogP contribution in [0.25, 0.3) is 10.2 Å². The number of carbonyl (C=O) groups is 1. The van der Waals surface area contributed by atoms with Gasteiger partial charge < -0.3 is 15.1 Å². The summed E-state index contributed by atoms with van der Waals surface area (Å²) >= 11 is 2.89. The highest BCUT2D eigenvalue weighted by atomic mass is 32.1. The number of aromatic nitrogens is 3. The molecule has 2 N–H and O–H groups in total. The molecule has 0 saturated carbocycles. The highest BCUT2D eigenvalue weighted by molar-refractivity contribution is 7.20. The summed E-state index contributed by atoms with van der Waals surface area (Å²) in [6, 6.07) is 3.59. The minimum atomic E-state index is -0.148. The number of thiophene rings is 1. The molecule has 0 aliphatic heterocycles. The molecule has 0 saturated heterocycles. The van der Waals surface area contributed by atoms with Gasteiger partial charge >= 0.3 is 0 Å². The van der Waals surface area contributed by atoms with E-state index in [1.807, 2.05) is 31.4 Å². The Morgan fingerprint density at radius 2 is 2.22 bits per heavy atom. The van der Waals surface area contributed by atoms with Crippen LogP contribution >= 0.6 is 22.7 Å². The number of furan rings is 1. The van der Waals surface area contributed by atoms with Crippen molar-refractivity contribution in [1.82, 2.24) is 20.3 Å². The summed E-state index contributed by atoms with van der Waals surface area (Å²) in [5, 5.41) is 9.92. The number of carbonyl (C=O) groups excluding carboxylic acids is 1. The number of thiazole rings is 1. The fraction of sp³-hybridized carbons (Fsp3) is 0.222. The number of nitrogens with one attached hydrogen (secondary N) is 2. The number of fused-ring (bicyclic) bond motifs is 1. The minimum absolute atomic E-state index is 0.129. The van der Waals surface area contributed by atoms with Crippen LogP contribution < -0.4 is 10.6 Å². The summed E-state index contributed by atoms with van der Waals surface area (Å²) in [5.41, 5.74) is 0.862. The standard InChI is InChI=1S/C18H17N5O2S2/c1-10-13-15(20-8-12-4-3-6-25-12)21-9-22-18(13)27-14(10)16(24)23-11(2)17-19-5-7-26-17/h3-7,9,11H,8H2,1-2H3,(H,23,24)(H,20,21,22). The molecule has 4 aromatic rings. The Hall–Kier alpha value is -2.78. The number of nitrogens with zero attached hydrogens (tertiary/aromatic N) is 3. The largest absolute Gasteiger partial charge is 0.467 e. The number of aryl methyl sites for hydroxylation is 1. The Bertz CT molecular complexity index is 1060. The first-order chi connectivity index (χ1) is 13.1. The Kier molecular flexibility index (Phi) is 4.87. The topological polar surface area (TPSA) is 92.9 Å². The zero-order chi connectivity index (χ0) is 18.8. The van der Waals surface area contributed by atoms with Crippen LogP contribution in [0.1, 0.15) is 39.0 Å². The van der Waals surface area contributed by atoms with E-state index in [9.17, 15) is 4.79 Å². The molecule has 0 aromatic carbocycles. The zero-order valence-electron chi connectivity index (χ0n) is 14.7. The van der Waals surface area contributed by atoms with E-state index in [1.165, 1.54) is 29.0 Å². The molecule has 4 rings (SSSR count). The molecule has 4 aromatic heterocycles. The van der Waals surface area contributed by atoms with Crippen molar-refractivity contribution in [2.24, 2.45) is 0 Å². The fourth-order valence-electron chi connectivity index (χ4n) is 2.78. The normalized spacial score (nSPS) is 12.2. The molecule has 4 heterocycles. The van der Waals surface area contributed by atoms with Gasteiger partial charge in [0.25, 0.3) is 5.91 Å². The molecule has 0 aliphatic carbocycles. The van der Waals surface area contributed by atoms with E-state index in [1.54, 1.807) is 12.5 Å². The maximum Gasteiger partial charge on any atom is 0.262 e. The summed E-state index contributed by atoms with van der Waals surface area (Å²) in [7, 11) is 0. The van der Waals surface area contributed by atoms with Gasteiger partial charge in [-0.3, -0.25) is 4.79 Å². The summed E-state index contributed by atoms with van der Waals surface area (Å²) in [4.78, 5) is 27.1. The molecular formula is C18H17N5O2S2. The fourth-order valence-corrected chi connectivity index (χ4v) is 4.48. The molecule has 1 atom stereocenters. The second-order valence-corrected chi connectivity index (χ2v) is 7.88. The van der Waals surface area contributed by atoms with E-state index < -0.39 is 0 Å². The van der Waals surface area contributed by atoms with Gasteiger partial charge in [0.15, 0.2) is 0 Å². The molecule has 0 fully saturated rings. The first-order valence-electron chi connectivity index (χ1n) is 8.34. The van der Waals surface area contributed by atoms with Crippen molar-refractivity contribution in [3.63, 3.8) is 0 Å². The van der Waals surface area contributed by atoms with Crippen LogP contribution in [0.4, 0.5) is 5.82 Å². The Balaban J connectivity index is 1.59. The second-order valence-electron chi connectivity index (χ2n) is 5.96. The summed E-state index contributed by atoms with van der Waals surface area (Å²) < 4.78 is 5.35. The molecular weight excluding hydrogens is 382 g/mol. The maximum absolute atomic E-state index is 12.8. The molecule has 0 aliphatic rings. The van der Waals surface area contributed by atoms with E-state index in [2.05, 4.69) is 25.6 Å². The number of hydrogen-bond acceptors (Lipinski definition) is 8. The SMILES string of the molecule is Cc1c(C(=O)NC(C)c2nccs2)sc2ncnc(NCc3ccco3)c12. The van der Waals surface area contributed by atoms with Crippen LogP contribution in [0.3, 0.4) is 0 Å². The van der Waals surface area contributed by atoms with Crippen LogP contribution in [0, 0.1) is 6.92 Å². The third-order valence-corrected chi connectivity index (χ3v) is 6.27. The van der Waals surface area contributed by atoms with Crippen molar-refractivity contribution >= 4 is 44.6 Å². The predicted molar refractivity (Wildman–Crippen MR) is 106 cm³/mol. The number of rotatable bonds is 6. The van der Waals surface area contributed by atoms with E-state index in [4.69, 9.17) is 4.42 Å². The van der Waals surface area contributed by atoms with Crippen LogP contribution in [-0.4, -0.2) is 20.9 Å². The Labute approximate surface area is 163 Å². The number of hydrogen-bond donors (Lipinski definition) is 2. The molecule has 0 radical (unpaired) electrons. The highest BCUT2D eigenvalue weighted by Crippen LogP contribution is 2.33. The lowest BCUT2D eigenvalue weighted by atomic mass is 10.2. The van der Waals surface area contributed by atoms with Crippen molar-refractivity contribution in [2.75, 3.05) is 5.32 Å². The average Bonchev–Trinajstić information content (AvgIpc) is 3.41. The van der Waals surface area contributed by atoms with Gasteiger partial charge in [-0.15, -0.1) is 22.7 Å². The van der Waals surface area contributed by atoms with Crippen molar-refractivity contribution in [3.8, 4) is 0 Å². The highest BCUT2D eigenvalue weighted by Gasteiger charge is 2.21. The summed E-state index contributed by atoms with van der Waals surface area (Å²) in [5.74, 6) is 1.37. The van der Waals surface area contributed by atoms with Crippen LogP contribution in [0.15, 0.2) is 40.7 Å². The zero-order valence-corrected chi connectivity index (χ0v) is 16.4. The third-order valence-electron chi connectivity index (χ3n) is 4.11. The molecule has 138 valence electrons. The van der Waals surface area contributed by atoms with Crippen LogP contribution in [-0.2, 0) is 6.54 Å². The smallest absolute Gasteiger partial charge is 0.262 e. The predicted octanol–water partition coefficient (Wildman–Crippen LogP) is 4.15. The van der Waals surface area contributed by atoms with Gasteiger partial charge in [-0.1, -0.05) is 0 Å². The first kappa shape index (κ1) is 17.6. The number of amides is 1. The Morgan fingerprint density at radius 3 is 2.96 bits per heavy atom. The lowest BCUT2D eigenvalue weighted by Crippen LogP contribution is -2.26.